The summed E-state index contributed by atoms with van der Waals surface area (Å²) in [4.78, 5) is 25.6. The van der Waals surface area contributed by atoms with Crippen LogP contribution < -0.4 is 0 Å². The van der Waals surface area contributed by atoms with Gasteiger partial charge < -0.3 is 18.9 Å². The van der Waals surface area contributed by atoms with Gasteiger partial charge in [-0.05, 0) is 50.4 Å². The molecule has 0 atom stereocenters. The van der Waals surface area contributed by atoms with E-state index in [0.29, 0.717) is 44.7 Å². The standard InChI is InChI=1S/C18H26O6/c19-15-17-8-13-7-14(9-17)11-18(10-13,12-17)16(20)24-6-4-22-2-1-21-3-5-23-15/h13-14H,1-12H2. The minimum absolute atomic E-state index is 0.136. The number of ether oxygens (including phenoxy) is 4. The van der Waals surface area contributed by atoms with E-state index >= 15 is 0 Å². The molecule has 4 bridgehead atoms. The van der Waals surface area contributed by atoms with E-state index in [1.807, 2.05) is 0 Å². The molecule has 4 aliphatic carbocycles. The second kappa shape index (κ2) is 6.30. The van der Waals surface area contributed by atoms with E-state index in [-0.39, 0.29) is 25.2 Å². The largest absolute Gasteiger partial charge is 0.463 e. The first-order valence-corrected chi connectivity index (χ1v) is 9.12. The summed E-state index contributed by atoms with van der Waals surface area (Å²) < 4.78 is 21.9. The smallest absolute Gasteiger partial charge is 0.312 e. The third kappa shape index (κ3) is 2.84. The Kier molecular flexibility index (Phi) is 4.29. The van der Waals surface area contributed by atoms with Crippen LogP contribution in [-0.2, 0) is 28.5 Å². The fourth-order valence-corrected chi connectivity index (χ4v) is 5.75. The summed E-state index contributed by atoms with van der Waals surface area (Å²) in [6, 6.07) is 0. The number of rotatable bonds is 0. The van der Waals surface area contributed by atoms with Gasteiger partial charge in [0.15, 0.2) is 0 Å². The van der Waals surface area contributed by atoms with Gasteiger partial charge in [-0.25, -0.2) is 0 Å². The summed E-state index contributed by atoms with van der Waals surface area (Å²) >= 11 is 0. The van der Waals surface area contributed by atoms with Gasteiger partial charge in [-0.1, -0.05) is 0 Å². The molecule has 0 N–H and O–H groups in total. The van der Waals surface area contributed by atoms with Gasteiger partial charge in [0.2, 0.25) is 0 Å². The first-order chi connectivity index (χ1) is 11.6. The van der Waals surface area contributed by atoms with Crippen LogP contribution in [-0.4, -0.2) is 51.6 Å². The number of carbonyl (C=O) groups excluding carboxylic acids is 2. The monoisotopic (exact) mass is 338 g/mol. The lowest BCUT2D eigenvalue weighted by Crippen LogP contribution is -2.58. The summed E-state index contributed by atoms with van der Waals surface area (Å²) in [5.74, 6) is 0.607. The molecule has 5 fully saturated rings. The lowest BCUT2D eigenvalue weighted by atomic mass is 9.44. The van der Waals surface area contributed by atoms with Crippen LogP contribution in [0, 0.1) is 22.7 Å². The maximum absolute atomic E-state index is 12.8. The number of cyclic esters (lactones) is 2. The second-order valence-corrected chi connectivity index (χ2v) is 8.02. The Hall–Kier alpha value is -1.14. The van der Waals surface area contributed by atoms with Crippen molar-refractivity contribution in [2.24, 2.45) is 22.7 Å². The number of carbonyl (C=O) groups is 2. The van der Waals surface area contributed by atoms with Gasteiger partial charge in [-0.15, -0.1) is 0 Å². The van der Waals surface area contributed by atoms with Gasteiger partial charge in [-0.3, -0.25) is 9.59 Å². The van der Waals surface area contributed by atoms with Crippen molar-refractivity contribution < 1.29 is 28.5 Å². The van der Waals surface area contributed by atoms with Crippen molar-refractivity contribution in [2.45, 2.75) is 38.5 Å². The maximum atomic E-state index is 12.8. The minimum Gasteiger partial charge on any atom is -0.463 e. The first kappa shape index (κ1) is 16.3. The molecular formula is C18H26O6. The zero-order valence-corrected chi connectivity index (χ0v) is 14.1. The summed E-state index contributed by atoms with van der Waals surface area (Å²) in [6.45, 7) is 2.22. The molecule has 0 aromatic heterocycles. The van der Waals surface area contributed by atoms with Crippen molar-refractivity contribution in [1.82, 2.24) is 0 Å². The highest BCUT2D eigenvalue weighted by atomic mass is 16.6. The highest BCUT2D eigenvalue weighted by molar-refractivity contribution is 5.83. The minimum atomic E-state index is -0.486. The SMILES string of the molecule is O=C1OCCOCCOCCOC(=O)C23CC4CC(CC1(C4)C2)C3. The summed E-state index contributed by atoms with van der Waals surface area (Å²) in [6.07, 6.45) is 5.17. The Balaban J connectivity index is 1.57. The molecule has 0 aromatic rings. The fraction of sp³-hybridized carbons (Fsp3) is 0.889. The molecule has 0 aromatic carbocycles. The van der Waals surface area contributed by atoms with Crippen LogP contribution in [0.5, 0.6) is 0 Å². The molecule has 6 heteroatoms. The Morgan fingerprint density at radius 3 is 1.54 bits per heavy atom. The second-order valence-electron chi connectivity index (χ2n) is 8.02. The molecule has 0 amide bonds. The molecule has 6 nitrogen and oxygen atoms in total. The van der Waals surface area contributed by atoms with E-state index in [4.69, 9.17) is 18.9 Å². The zero-order valence-electron chi connectivity index (χ0n) is 14.1. The summed E-state index contributed by atoms with van der Waals surface area (Å²) in [5.41, 5.74) is -0.973. The van der Waals surface area contributed by atoms with Crippen molar-refractivity contribution >= 4 is 11.9 Å². The van der Waals surface area contributed by atoms with Gasteiger partial charge >= 0.3 is 11.9 Å². The third-order valence-electron chi connectivity index (χ3n) is 6.22. The van der Waals surface area contributed by atoms with Crippen molar-refractivity contribution in [1.29, 1.82) is 0 Å². The molecule has 134 valence electrons. The van der Waals surface area contributed by atoms with E-state index < -0.39 is 10.8 Å². The Morgan fingerprint density at radius 1 is 0.667 bits per heavy atom. The normalized spacial score (nSPS) is 43.5. The van der Waals surface area contributed by atoms with Crippen molar-refractivity contribution in [3.8, 4) is 0 Å². The van der Waals surface area contributed by atoms with Gasteiger partial charge in [0.05, 0.1) is 37.3 Å². The van der Waals surface area contributed by atoms with E-state index in [2.05, 4.69) is 0 Å². The number of hydrogen-bond acceptors (Lipinski definition) is 6. The molecule has 1 heterocycles. The molecule has 5 aliphatic rings. The molecule has 2 spiro atoms. The highest BCUT2D eigenvalue weighted by Crippen LogP contribution is 2.65. The van der Waals surface area contributed by atoms with Crippen LogP contribution in [0.1, 0.15) is 38.5 Å². The molecule has 24 heavy (non-hydrogen) atoms. The van der Waals surface area contributed by atoms with Crippen LogP contribution in [0.2, 0.25) is 0 Å². The van der Waals surface area contributed by atoms with Crippen LogP contribution in [0.3, 0.4) is 0 Å². The lowest BCUT2D eigenvalue weighted by Gasteiger charge is -2.59. The molecule has 0 radical (unpaired) electrons. The first-order valence-electron chi connectivity index (χ1n) is 9.12. The van der Waals surface area contributed by atoms with E-state index in [1.165, 1.54) is 0 Å². The van der Waals surface area contributed by atoms with E-state index in [0.717, 1.165) is 32.1 Å². The quantitative estimate of drug-likeness (QED) is 0.626. The van der Waals surface area contributed by atoms with Gasteiger partial charge in [-0.2, -0.15) is 0 Å². The van der Waals surface area contributed by atoms with Gasteiger partial charge in [0.1, 0.15) is 13.2 Å². The molecule has 0 unspecified atom stereocenters. The molecule has 4 saturated carbocycles. The van der Waals surface area contributed by atoms with E-state index in [9.17, 15) is 9.59 Å². The average molecular weight is 338 g/mol. The van der Waals surface area contributed by atoms with Crippen LogP contribution >= 0.6 is 0 Å². The van der Waals surface area contributed by atoms with Crippen molar-refractivity contribution in [2.75, 3.05) is 39.6 Å². The van der Waals surface area contributed by atoms with Crippen LogP contribution in [0.4, 0.5) is 0 Å². The Bertz CT molecular complexity index is 460. The third-order valence-corrected chi connectivity index (χ3v) is 6.22. The number of hydrogen-bond donors (Lipinski definition) is 0. The molecule has 5 rings (SSSR count). The fourth-order valence-electron chi connectivity index (χ4n) is 5.75. The lowest BCUT2D eigenvalue weighted by molar-refractivity contribution is -0.194. The van der Waals surface area contributed by atoms with Gasteiger partial charge in [0.25, 0.3) is 0 Å². The van der Waals surface area contributed by atoms with Crippen LogP contribution in [0.25, 0.3) is 0 Å². The summed E-state index contributed by atoms with van der Waals surface area (Å²) in [7, 11) is 0. The average Bonchev–Trinajstić information content (AvgIpc) is 2.54. The highest BCUT2D eigenvalue weighted by Gasteiger charge is 2.64. The molecule has 1 saturated heterocycles. The predicted octanol–water partition coefficient (Wildman–Crippen LogP) is 1.71. The Labute approximate surface area is 142 Å². The van der Waals surface area contributed by atoms with Crippen molar-refractivity contribution in [3.05, 3.63) is 0 Å². The predicted molar refractivity (Wildman–Crippen MR) is 83.1 cm³/mol. The summed E-state index contributed by atoms with van der Waals surface area (Å²) in [5, 5.41) is 0. The Morgan fingerprint density at radius 2 is 1.08 bits per heavy atom. The maximum Gasteiger partial charge on any atom is 0.312 e. The zero-order chi connectivity index (χ0) is 16.6. The van der Waals surface area contributed by atoms with E-state index in [1.54, 1.807) is 0 Å². The van der Waals surface area contributed by atoms with Crippen LogP contribution in [0.15, 0.2) is 0 Å². The van der Waals surface area contributed by atoms with Gasteiger partial charge in [0, 0.05) is 0 Å². The number of esters is 2. The van der Waals surface area contributed by atoms with Crippen molar-refractivity contribution in [3.63, 3.8) is 0 Å². The molecule has 1 aliphatic heterocycles. The molecular weight excluding hydrogens is 312 g/mol. The topological polar surface area (TPSA) is 71.1 Å².